The van der Waals surface area contributed by atoms with Crippen molar-refractivity contribution < 1.29 is 4.74 Å². The number of hydrogen-bond donors (Lipinski definition) is 1. The molecule has 1 aromatic heterocycles. The maximum absolute atomic E-state index is 5.29. The summed E-state index contributed by atoms with van der Waals surface area (Å²) in [4.78, 5) is 4.52. The van der Waals surface area contributed by atoms with Gasteiger partial charge in [-0.05, 0) is 66.7 Å². The summed E-state index contributed by atoms with van der Waals surface area (Å²) in [7, 11) is 1.70. The highest BCUT2D eigenvalue weighted by atomic mass is 16.5. The summed E-state index contributed by atoms with van der Waals surface area (Å²) < 4.78 is 5.29. The van der Waals surface area contributed by atoms with E-state index >= 15 is 0 Å². The van der Waals surface area contributed by atoms with Crippen LogP contribution in [0.4, 0.5) is 5.82 Å². The molecule has 20 heavy (non-hydrogen) atoms. The lowest BCUT2D eigenvalue weighted by Crippen LogP contribution is -2.18. The van der Waals surface area contributed by atoms with Crippen molar-refractivity contribution in [3.05, 3.63) is 30.5 Å². The topological polar surface area (TPSA) is 34.1 Å². The third-order valence-corrected chi connectivity index (χ3v) is 4.92. The minimum atomic E-state index is 0.594. The first kappa shape index (κ1) is 12.0. The van der Waals surface area contributed by atoms with E-state index in [0.717, 1.165) is 24.0 Å². The summed E-state index contributed by atoms with van der Waals surface area (Å²) in [5, 5.41) is 5.96. The number of ether oxygens (including phenoxy) is 1. The SMILES string of the molecule is COc1ccc2c(NCC3(C4CC4)CC3)nccc2c1. The van der Waals surface area contributed by atoms with E-state index in [2.05, 4.69) is 22.4 Å². The van der Waals surface area contributed by atoms with Crippen molar-refractivity contribution in [2.45, 2.75) is 25.7 Å². The number of pyridine rings is 1. The van der Waals surface area contributed by atoms with Crippen LogP contribution >= 0.6 is 0 Å². The molecule has 2 aliphatic rings. The lowest BCUT2D eigenvalue weighted by atomic mass is 10.0. The van der Waals surface area contributed by atoms with Gasteiger partial charge in [0.2, 0.25) is 0 Å². The van der Waals surface area contributed by atoms with Crippen molar-refractivity contribution in [3.8, 4) is 5.75 Å². The number of fused-ring (bicyclic) bond motifs is 1. The molecule has 2 aliphatic carbocycles. The highest BCUT2D eigenvalue weighted by molar-refractivity contribution is 5.92. The summed E-state index contributed by atoms with van der Waals surface area (Å²) in [5.74, 6) is 2.88. The summed E-state index contributed by atoms with van der Waals surface area (Å²) in [6, 6.07) is 8.20. The van der Waals surface area contributed by atoms with Crippen LogP contribution in [0.2, 0.25) is 0 Å². The van der Waals surface area contributed by atoms with E-state index in [1.165, 1.54) is 36.5 Å². The second-order valence-corrected chi connectivity index (χ2v) is 6.24. The molecule has 0 aliphatic heterocycles. The zero-order chi connectivity index (χ0) is 13.6. The first-order valence-corrected chi connectivity index (χ1v) is 7.47. The molecule has 3 nitrogen and oxygen atoms in total. The summed E-state index contributed by atoms with van der Waals surface area (Å²) in [5.41, 5.74) is 0.594. The van der Waals surface area contributed by atoms with Crippen LogP contribution in [-0.2, 0) is 0 Å². The second-order valence-electron chi connectivity index (χ2n) is 6.24. The smallest absolute Gasteiger partial charge is 0.133 e. The minimum absolute atomic E-state index is 0.594. The van der Waals surface area contributed by atoms with E-state index < -0.39 is 0 Å². The van der Waals surface area contributed by atoms with Gasteiger partial charge < -0.3 is 10.1 Å². The third-order valence-electron chi connectivity index (χ3n) is 4.92. The molecular formula is C17H20N2O. The molecule has 0 bridgehead atoms. The predicted octanol–water partition coefficient (Wildman–Crippen LogP) is 3.85. The average molecular weight is 268 g/mol. The molecule has 1 heterocycles. The molecule has 104 valence electrons. The van der Waals surface area contributed by atoms with E-state index in [1.807, 2.05) is 18.3 Å². The molecule has 0 spiro atoms. The number of methoxy groups -OCH3 is 1. The third kappa shape index (κ3) is 2.01. The molecule has 0 atom stereocenters. The van der Waals surface area contributed by atoms with Gasteiger partial charge >= 0.3 is 0 Å². The molecule has 1 N–H and O–H groups in total. The van der Waals surface area contributed by atoms with Crippen LogP contribution in [0.25, 0.3) is 10.8 Å². The fourth-order valence-corrected chi connectivity index (χ4v) is 3.27. The van der Waals surface area contributed by atoms with E-state index in [-0.39, 0.29) is 0 Å². The Morgan fingerprint density at radius 2 is 2.15 bits per heavy atom. The fourth-order valence-electron chi connectivity index (χ4n) is 3.27. The van der Waals surface area contributed by atoms with Gasteiger partial charge in [0.1, 0.15) is 11.6 Å². The van der Waals surface area contributed by atoms with Gasteiger partial charge in [0, 0.05) is 18.1 Å². The van der Waals surface area contributed by atoms with Gasteiger partial charge in [0.15, 0.2) is 0 Å². The molecular weight excluding hydrogens is 248 g/mol. The Bertz CT molecular complexity index is 644. The number of benzene rings is 1. The molecule has 2 aromatic rings. The van der Waals surface area contributed by atoms with Crippen LogP contribution < -0.4 is 10.1 Å². The van der Waals surface area contributed by atoms with Gasteiger partial charge in [0.05, 0.1) is 7.11 Å². The normalized spacial score (nSPS) is 19.9. The number of hydrogen-bond acceptors (Lipinski definition) is 3. The number of rotatable bonds is 5. The van der Waals surface area contributed by atoms with E-state index in [0.29, 0.717) is 5.41 Å². The molecule has 3 heteroatoms. The zero-order valence-electron chi connectivity index (χ0n) is 11.9. The molecule has 0 unspecified atom stereocenters. The average Bonchev–Trinajstić information content (AvgIpc) is 3.37. The zero-order valence-corrected chi connectivity index (χ0v) is 11.9. The van der Waals surface area contributed by atoms with Gasteiger partial charge in [0.25, 0.3) is 0 Å². The summed E-state index contributed by atoms with van der Waals surface area (Å²) in [6.07, 6.45) is 7.52. The van der Waals surface area contributed by atoms with Crippen LogP contribution in [0.5, 0.6) is 5.75 Å². The van der Waals surface area contributed by atoms with E-state index in [1.54, 1.807) is 7.11 Å². The second kappa shape index (κ2) is 4.37. The van der Waals surface area contributed by atoms with Gasteiger partial charge in [-0.3, -0.25) is 0 Å². The van der Waals surface area contributed by atoms with Crippen LogP contribution in [0, 0.1) is 11.3 Å². The number of nitrogens with one attached hydrogen (secondary N) is 1. The van der Waals surface area contributed by atoms with Crippen molar-refractivity contribution in [1.29, 1.82) is 0 Å². The van der Waals surface area contributed by atoms with E-state index in [4.69, 9.17) is 4.74 Å². The van der Waals surface area contributed by atoms with E-state index in [9.17, 15) is 0 Å². The molecule has 4 rings (SSSR count). The predicted molar refractivity (Wildman–Crippen MR) is 81.2 cm³/mol. The molecule has 2 saturated carbocycles. The van der Waals surface area contributed by atoms with Crippen LogP contribution in [-0.4, -0.2) is 18.6 Å². The van der Waals surface area contributed by atoms with Crippen LogP contribution in [0.3, 0.4) is 0 Å². The van der Waals surface area contributed by atoms with Crippen LogP contribution in [0.1, 0.15) is 25.7 Å². The van der Waals surface area contributed by atoms with Crippen molar-refractivity contribution in [1.82, 2.24) is 4.98 Å². The molecule has 0 radical (unpaired) electrons. The monoisotopic (exact) mass is 268 g/mol. The molecule has 1 aromatic carbocycles. The van der Waals surface area contributed by atoms with Crippen LogP contribution in [0.15, 0.2) is 30.5 Å². The van der Waals surface area contributed by atoms with Crippen molar-refractivity contribution in [3.63, 3.8) is 0 Å². The number of aromatic nitrogens is 1. The standard InChI is InChI=1S/C17H20N2O/c1-20-14-4-5-15-12(10-14)6-9-18-16(15)19-11-17(7-8-17)13-2-3-13/h4-6,9-10,13H,2-3,7-8,11H2,1H3,(H,18,19). The minimum Gasteiger partial charge on any atom is -0.497 e. The lowest BCUT2D eigenvalue weighted by molar-refractivity contribution is 0.415. The van der Waals surface area contributed by atoms with Crippen molar-refractivity contribution in [2.24, 2.45) is 11.3 Å². The molecule has 0 amide bonds. The first-order valence-electron chi connectivity index (χ1n) is 7.47. The maximum atomic E-state index is 5.29. The molecule has 0 saturated heterocycles. The number of nitrogens with zero attached hydrogens (tertiary/aromatic N) is 1. The Morgan fingerprint density at radius 3 is 2.85 bits per heavy atom. The summed E-state index contributed by atoms with van der Waals surface area (Å²) >= 11 is 0. The largest absolute Gasteiger partial charge is 0.497 e. The quantitative estimate of drug-likeness (QED) is 0.894. The Labute approximate surface area is 119 Å². The van der Waals surface area contributed by atoms with Gasteiger partial charge in [-0.1, -0.05) is 0 Å². The number of anilines is 1. The van der Waals surface area contributed by atoms with Gasteiger partial charge in [-0.25, -0.2) is 4.98 Å². The fraction of sp³-hybridized carbons (Fsp3) is 0.471. The highest BCUT2D eigenvalue weighted by Gasteiger charge is 2.53. The van der Waals surface area contributed by atoms with Crippen molar-refractivity contribution >= 4 is 16.6 Å². The molecule has 2 fully saturated rings. The first-order chi connectivity index (χ1) is 9.81. The van der Waals surface area contributed by atoms with Gasteiger partial charge in [-0.2, -0.15) is 0 Å². The van der Waals surface area contributed by atoms with Crippen molar-refractivity contribution in [2.75, 3.05) is 19.0 Å². The Balaban J connectivity index is 1.59. The Kier molecular flexibility index (Phi) is 2.62. The highest BCUT2D eigenvalue weighted by Crippen LogP contribution is 2.61. The Hall–Kier alpha value is -1.77. The lowest BCUT2D eigenvalue weighted by Gasteiger charge is -2.16. The summed E-state index contributed by atoms with van der Waals surface area (Å²) in [6.45, 7) is 1.08. The van der Waals surface area contributed by atoms with Gasteiger partial charge in [-0.15, -0.1) is 0 Å². The Morgan fingerprint density at radius 1 is 1.30 bits per heavy atom. The maximum Gasteiger partial charge on any atom is 0.133 e.